The van der Waals surface area contributed by atoms with Crippen molar-refractivity contribution in [1.82, 2.24) is 34.6 Å². The van der Waals surface area contributed by atoms with E-state index in [9.17, 15) is 4.79 Å². The van der Waals surface area contributed by atoms with E-state index in [1.54, 1.807) is 18.1 Å². The van der Waals surface area contributed by atoms with E-state index in [1.165, 1.54) is 6.08 Å². The van der Waals surface area contributed by atoms with Crippen molar-refractivity contribution in [3.8, 4) is 18.2 Å². The summed E-state index contributed by atoms with van der Waals surface area (Å²) >= 11 is 0. The molecule has 33 heavy (non-hydrogen) atoms. The van der Waals surface area contributed by atoms with Crippen molar-refractivity contribution in [3.05, 3.63) is 25.2 Å². The number of amides is 1. The number of hydrogen-bond acceptors (Lipinski definition) is 8. The number of carbonyl (C=O) groups is 1. The Morgan fingerprint density at radius 3 is 2.97 bits per heavy atom. The molecule has 4 heterocycles. The number of methoxy groups -OCH3 is 1. The number of aryl methyl sites for hydroxylation is 2. The highest BCUT2D eigenvalue weighted by Gasteiger charge is 2.32. The highest BCUT2D eigenvalue weighted by Crippen LogP contribution is 2.31. The molecule has 0 saturated carbocycles. The van der Waals surface area contributed by atoms with Gasteiger partial charge in [-0.05, 0) is 12.0 Å². The molecule has 0 bridgehead atoms. The van der Waals surface area contributed by atoms with Gasteiger partial charge in [0, 0.05) is 26.6 Å². The van der Waals surface area contributed by atoms with Crippen LogP contribution in [0.3, 0.4) is 0 Å². The second kappa shape index (κ2) is 9.20. The molecule has 3 aromatic rings. The molecule has 2 atom stereocenters. The Bertz CT molecular complexity index is 1220. The number of anilines is 3. The molecule has 3 aromatic heterocycles. The van der Waals surface area contributed by atoms with Gasteiger partial charge in [-0.3, -0.25) is 9.48 Å². The number of terminal acetylenes is 1. The van der Waals surface area contributed by atoms with Gasteiger partial charge in [0.25, 0.3) is 5.88 Å². The standard InChI is InChI=1S/C22H27N9O2/c1-6-8-9-31-12-16(21(28-31)33-5)25-19-18-20(29(4)13-23-18)27-22(26-19)30-10-14(3)15(11-30)24-17(32)7-2/h1,7,12-15H,2,8-11H2,3-5H3,(H,24,32)(H,25,26,27). The van der Waals surface area contributed by atoms with Crippen molar-refractivity contribution >= 4 is 34.5 Å². The first kappa shape index (κ1) is 22.1. The Balaban J connectivity index is 1.66. The van der Waals surface area contributed by atoms with Crippen LogP contribution in [-0.4, -0.2) is 61.4 Å². The van der Waals surface area contributed by atoms with Gasteiger partial charge in [0.05, 0.1) is 32.2 Å². The van der Waals surface area contributed by atoms with E-state index in [0.717, 1.165) is 0 Å². The lowest BCUT2D eigenvalue weighted by molar-refractivity contribution is -0.117. The summed E-state index contributed by atoms with van der Waals surface area (Å²) in [4.78, 5) is 27.8. The molecule has 1 fully saturated rings. The van der Waals surface area contributed by atoms with Crippen LogP contribution in [0.4, 0.5) is 17.5 Å². The Morgan fingerprint density at radius 1 is 1.42 bits per heavy atom. The molecule has 11 nitrogen and oxygen atoms in total. The first-order valence-corrected chi connectivity index (χ1v) is 10.6. The summed E-state index contributed by atoms with van der Waals surface area (Å²) in [5.41, 5.74) is 1.97. The molecule has 0 spiro atoms. The number of ether oxygens (including phenoxy) is 1. The van der Waals surface area contributed by atoms with E-state index in [-0.39, 0.29) is 17.9 Å². The van der Waals surface area contributed by atoms with E-state index < -0.39 is 0 Å². The number of aromatic nitrogens is 6. The van der Waals surface area contributed by atoms with E-state index in [4.69, 9.17) is 21.1 Å². The van der Waals surface area contributed by atoms with Crippen molar-refractivity contribution in [2.75, 3.05) is 30.4 Å². The SMILES string of the molecule is C#CCCn1cc(Nc2nc(N3CC(C)C(NC(=O)C=C)C3)nc3c2ncn3C)c(OC)n1. The van der Waals surface area contributed by atoms with Gasteiger partial charge >= 0.3 is 0 Å². The van der Waals surface area contributed by atoms with Crippen LogP contribution in [0, 0.1) is 18.3 Å². The minimum Gasteiger partial charge on any atom is -0.478 e. The number of carbonyl (C=O) groups excluding carboxylic acids is 1. The molecule has 11 heteroatoms. The van der Waals surface area contributed by atoms with Crippen LogP contribution in [-0.2, 0) is 18.4 Å². The van der Waals surface area contributed by atoms with Crippen molar-refractivity contribution in [2.24, 2.45) is 13.0 Å². The molecule has 2 unspecified atom stereocenters. The third-order valence-electron chi connectivity index (χ3n) is 5.62. The summed E-state index contributed by atoms with van der Waals surface area (Å²) in [6.07, 6.45) is 10.7. The largest absolute Gasteiger partial charge is 0.478 e. The van der Waals surface area contributed by atoms with E-state index in [0.29, 0.717) is 60.6 Å². The van der Waals surface area contributed by atoms with Crippen molar-refractivity contribution in [1.29, 1.82) is 0 Å². The number of nitrogens with zero attached hydrogens (tertiary/aromatic N) is 7. The van der Waals surface area contributed by atoms with E-state index in [2.05, 4.69) is 45.0 Å². The summed E-state index contributed by atoms with van der Waals surface area (Å²) in [6, 6.07) is -0.0211. The van der Waals surface area contributed by atoms with Crippen molar-refractivity contribution < 1.29 is 9.53 Å². The smallest absolute Gasteiger partial charge is 0.256 e. The van der Waals surface area contributed by atoms with Crippen LogP contribution < -0.4 is 20.3 Å². The molecule has 2 N–H and O–H groups in total. The lowest BCUT2D eigenvalue weighted by atomic mass is 10.1. The lowest BCUT2D eigenvalue weighted by Gasteiger charge is -2.18. The number of fused-ring (bicyclic) bond motifs is 1. The molecule has 172 valence electrons. The molecule has 4 rings (SSSR count). The number of imidazole rings is 1. The van der Waals surface area contributed by atoms with Gasteiger partial charge in [0.15, 0.2) is 17.0 Å². The van der Waals surface area contributed by atoms with Gasteiger partial charge < -0.3 is 24.8 Å². The fraction of sp³-hybridized carbons (Fsp3) is 0.409. The van der Waals surface area contributed by atoms with Crippen LogP contribution in [0.15, 0.2) is 25.2 Å². The third-order valence-corrected chi connectivity index (χ3v) is 5.62. The van der Waals surface area contributed by atoms with Gasteiger partial charge in [-0.1, -0.05) is 13.5 Å². The van der Waals surface area contributed by atoms with Crippen LogP contribution in [0.5, 0.6) is 5.88 Å². The van der Waals surface area contributed by atoms with Gasteiger partial charge in [0.1, 0.15) is 5.69 Å². The maximum atomic E-state index is 11.8. The van der Waals surface area contributed by atoms with Gasteiger partial charge in [-0.15, -0.1) is 17.4 Å². The minimum atomic E-state index is -0.187. The number of hydrogen-bond donors (Lipinski definition) is 2. The molecule has 1 amide bonds. The lowest BCUT2D eigenvalue weighted by Crippen LogP contribution is -2.39. The summed E-state index contributed by atoms with van der Waals surface area (Å²) in [5.74, 6) is 4.17. The van der Waals surface area contributed by atoms with Gasteiger partial charge in [-0.25, -0.2) is 4.98 Å². The average molecular weight is 450 g/mol. The predicted molar refractivity (Wildman–Crippen MR) is 125 cm³/mol. The van der Waals surface area contributed by atoms with Crippen LogP contribution >= 0.6 is 0 Å². The topological polar surface area (TPSA) is 115 Å². The Kier molecular flexibility index (Phi) is 6.17. The molecule has 1 saturated heterocycles. The van der Waals surface area contributed by atoms with Crippen LogP contribution in [0.2, 0.25) is 0 Å². The summed E-state index contributed by atoms with van der Waals surface area (Å²) < 4.78 is 9.00. The van der Waals surface area contributed by atoms with Crippen LogP contribution in [0.25, 0.3) is 11.2 Å². The predicted octanol–water partition coefficient (Wildman–Crippen LogP) is 1.46. The third kappa shape index (κ3) is 4.45. The second-order valence-corrected chi connectivity index (χ2v) is 8.00. The summed E-state index contributed by atoms with van der Waals surface area (Å²) in [6.45, 7) is 7.50. The average Bonchev–Trinajstić information content (AvgIpc) is 3.49. The molecule has 1 aliphatic rings. The second-order valence-electron chi connectivity index (χ2n) is 8.00. The maximum Gasteiger partial charge on any atom is 0.256 e. The fourth-order valence-electron chi connectivity index (χ4n) is 3.84. The number of rotatable bonds is 8. The Hall–Kier alpha value is -4.07. The zero-order valence-corrected chi connectivity index (χ0v) is 18.9. The summed E-state index contributed by atoms with van der Waals surface area (Å²) in [5, 5.41) is 10.7. The van der Waals surface area contributed by atoms with E-state index in [1.807, 2.05) is 17.8 Å². The molecular weight excluding hydrogens is 422 g/mol. The van der Waals surface area contributed by atoms with Crippen LogP contribution in [0.1, 0.15) is 13.3 Å². The molecule has 0 aromatic carbocycles. The van der Waals surface area contributed by atoms with Crippen molar-refractivity contribution in [3.63, 3.8) is 0 Å². The van der Waals surface area contributed by atoms with E-state index >= 15 is 0 Å². The fourth-order valence-corrected chi connectivity index (χ4v) is 3.84. The van der Waals surface area contributed by atoms with Gasteiger partial charge in [0.2, 0.25) is 11.9 Å². The number of nitrogens with one attached hydrogen (secondary N) is 2. The molecule has 0 aliphatic carbocycles. The Morgan fingerprint density at radius 2 is 2.24 bits per heavy atom. The first-order chi connectivity index (χ1) is 15.9. The zero-order valence-electron chi connectivity index (χ0n) is 18.9. The highest BCUT2D eigenvalue weighted by atomic mass is 16.5. The molecular formula is C22H27N9O2. The monoisotopic (exact) mass is 449 g/mol. The van der Waals surface area contributed by atoms with Crippen molar-refractivity contribution in [2.45, 2.75) is 25.9 Å². The quantitative estimate of drug-likeness (QED) is 0.392. The minimum absolute atomic E-state index is 0.0211. The molecule has 1 aliphatic heterocycles. The van der Waals surface area contributed by atoms with Gasteiger partial charge in [-0.2, -0.15) is 9.97 Å². The molecule has 0 radical (unpaired) electrons. The Labute approximate surface area is 191 Å². The summed E-state index contributed by atoms with van der Waals surface area (Å²) in [7, 11) is 3.44. The maximum absolute atomic E-state index is 11.8. The first-order valence-electron chi connectivity index (χ1n) is 10.6. The zero-order chi connectivity index (χ0) is 23.5. The highest BCUT2D eigenvalue weighted by molar-refractivity contribution is 5.88. The normalized spacial score (nSPS) is 17.7.